The van der Waals surface area contributed by atoms with Crippen LogP contribution in [0.4, 0.5) is 0 Å². The Balaban J connectivity index is 1.52. The summed E-state index contributed by atoms with van der Waals surface area (Å²) in [6, 6.07) is 9.72. The molecule has 10 heteroatoms. The van der Waals surface area contributed by atoms with Crippen LogP contribution in [0.3, 0.4) is 0 Å². The molecule has 1 aliphatic heterocycles. The number of ether oxygens (including phenoxy) is 1. The summed E-state index contributed by atoms with van der Waals surface area (Å²) in [5, 5.41) is 8.41. The minimum absolute atomic E-state index is 0.369. The fourth-order valence-corrected chi connectivity index (χ4v) is 7.86. The van der Waals surface area contributed by atoms with Gasteiger partial charge in [0.1, 0.15) is 5.75 Å². The molecule has 0 spiro atoms. The predicted molar refractivity (Wildman–Crippen MR) is 115 cm³/mol. The Morgan fingerprint density at radius 1 is 1.26 bits per heavy atom. The molecular weight excluding hydrogens is 440 g/mol. The first-order valence-corrected chi connectivity index (χ1v) is 13.6. The van der Waals surface area contributed by atoms with E-state index in [1.54, 1.807) is 36.4 Å². The van der Waals surface area contributed by atoms with Crippen molar-refractivity contribution in [2.24, 2.45) is 5.92 Å². The van der Waals surface area contributed by atoms with E-state index in [4.69, 9.17) is 13.8 Å². The van der Waals surface area contributed by atoms with Crippen molar-refractivity contribution < 1.29 is 32.9 Å². The van der Waals surface area contributed by atoms with E-state index in [1.807, 2.05) is 0 Å². The lowest BCUT2D eigenvalue weighted by molar-refractivity contribution is -0.0439. The maximum atomic E-state index is 13.3. The van der Waals surface area contributed by atoms with Crippen molar-refractivity contribution in [1.82, 2.24) is 4.98 Å². The monoisotopic (exact) mass is 465 g/mol. The molecule has 0 amide bonds. The number of aliphatic hydroxyl groups is 1. The summed E-state index contributed by atoms with van der Waals surface area (Å²) in [6.07, 6.45) is 4.49. The number of allylic oxidation sites excluding steroid dienone is 1. The Hall–Kier alpha value is -1.79. The maximum absolute atomic E-state index is 13.3. The average Bonchev–Trinajstić information content (AvgIpc) is 2.66. The average molecular weight is 465 g/mol. The summed E-state index contributed by atoms with van der Waals surface area (Å²) in [6.45, 7) is 5.10. The lowest BCUT2D eigenvalue weighted by atomic mass is 9.84. The molecule has 1 aromatic heterocycles. The molecule has 4 unspecified atom stereocenters. The van der Waals surface area contributed by atoms with Gasteiger partial charge in [-0.3, -0.25) is 23.2 Å². The zero-order valence-corrected chi connectivity index (χ0v) is 18.9. The molecule has 1 saturated carbocycles. The minimum Gasteiger partial charge on any atom is -0.462 e. The van der Waals surface area contributed by atoms with E-state index in [2.05, 4.69) is 11.6 Å². The number of rotatable bonds is 6. The minimum atomic E-state index is -4.77. The Morgan fingerprint density at radius 2 is 1.97 bits per heavy atom. The van der Waals surface area contributed by atoms with Gasteiger partial charge in [0.25, 0.3) is 0 Å². The van der Waals surface area contributed by atoms with E-state index in [9.17, 15) is 19.1 Å². The summed E-state index contributed by atoms with van der Waals surface area (Å²) >= 11 is 0. The van der Waals surface area contributed by atoms with E-state index in [-0.39, 0.29) is 0 Å². The second-order valence-corrected chi connectivity index (χ2v) is 13.0. The van der Waals surface area contributed by atoms with Crippen LogP contribution in [0.15, 0.2) is 61.1 Å². The zero-order chi connectivity index (χ0) is 22.3. The third kappa shape index (κ3) is 4.29. The molecule has 4 atom stereocenters. The fourth-order valence-electron chi connectivity index (χ4n) is 3.53. The summed E-state index contributed by atoms with van der Waals surface area (Å²) in [7, 11) is -8.78. The molecule has 31 heavy (non-hydrogen) atoms. The third-order valence-corrected chi connectivity index (χ3v) is 11.2. The number of hydrogen-bond acceptors (Lipinski definition) is 7. The van der Waals surface area contributed by atoms with E-state index in [1.165, 1.54) is 18.8 Å². The van der Waals surface area contributed by atoms with Crippen molar-refractivity contribution in [3.05, 3.63) is 72.3 Å². The zero-order valence-electron chi connectivity index (χ0n) is 17.1. The molecular formula is C21H25NO7P2. The number of aromatic nitrogens is 1. The lowest BCUT2D eigenvalue weighted by Gasteiger charge is -2.43. The second-order valence-electron chi connectivity index (χ2n) is 7.99. The van der Waals surface area contributed by atoms with E-state index in [0.29, 0.717) is 28.6 Å². The fraction of sp³-hybridized carbons (Fsp3) is 0.381. The largest absolute Gasteiger partial charge is 0.462 e. The summed E-state index contributed by atoms with van der Waals surface area (Å²) in [4.78, 5) is 14.5. The van der Waals surface area contributed by atoms with Crippen molar-refractivity contribution in [1.29, 1.82) is 0 Å². The molecule has 0 bridgehead atoms. The smallest absolute Gasteiger partial charge is 0.372 e. The van der Waals surface area contributed by atoms with Gasteiger partial charge in [0.15, 0.2) is 6.29 Å². The number of nitrogens with zero attached hydrogens (tertiary/aromatic N) is 1. The molecule has 2 aromatic rings. The molecule has 1 aromatic carbocycles. The van der Waals surface area contributed by atoms with E-state index < -0.39 is 32.8 Å². The highest BCUT2D eigenvalue weighted by atomic mass is 31.2. The van der Waals surface area contributed by atoms with Crippen LogP contribution < -0.4 is 4.74 Å². The molecule has 2 N–H and O–H groups in total. The van der Waals surface area contributed by atoms with Crippen molar-refractivity contribution in [2.75, 3.05) is 6.66 Å². The molecule has 4 rings (SSSR count). The van der Waals surface area contributed by atoms with Gasteiger partial charge in [0, 0.05) is 37.0 Å². The summed E-state index contributed by atoms with van der Waals surface area (Å²) < 4.78 is 42.8. The van der Waals surface area contributed by atoms with Crippen molar-refractivity contribution in [3.63, 3.8) is 0 Å². The quantitative estimate of drug-likeness (QED) is 0.462. The first-order chi connectivity index (χ1) is 14.6. The topological polar surface area (TPSA) is 115 Å². The van der Waals surface area contributed by atoms with Gasteiger partial charge in [-0.05, 0) is 36.6 Å². The van der Waals surface area contributed by atoms with Crippen LogP contribution in [0.2, 0.25) is 0 Å². The van der Waals surface area contributed by atoms with E-state index in [0.717, 1.165) is 19.5 Å². The summed E-state index contributed by atoms with van der Waals surface area (Å²) in [5.74, 6) is 1.65. The van der Waals surface area contributed by atoms with Crippen LogP contribution in [0.5, 0.6) is 5.75 Å². The summed E-state index contributed by atoms with van der Waals surface area (Å²) in [5.41, 5.74) is 0.807. The highest BCUT2D eigenvalue weighted by Gasteiger charge is 2.64. The Labute approximate surface area is 180 Å². The molecule has 166 valence electrons. The Kier molecular flexibility index (Phi) is 5.99. The number of benzene rings is 1. The molecule has 0 radical (unpaired) electrons. The Bertz CT molecular complexity index is 1030. The van der Waals surface area contributed by atoms with Crippen LogP contribution in [0.1, 0.15) is 36.7 Å². The number of pyridine rings is 1. The highest BCUT2D eigenvalue weighted by Crippen LogP contribution is 2.79. The Morgan fingerprint density at radius 3 is 2.52 bits per heavy atom. The van der Waals surface area contributed by atoms with E-state index >= 15 is 0 Å². The maximum Gasteiger partial charge on any atom is 0.372 e. The van der Waals surface area contributed by atoms with Crippen LogP contribution in [0.25, 0.3) is 0 Å². The van der Waals surface area contributed by atoms with Gasteiger partial charge in [0.05, 0.1) is 5.76 Å². The normalized spacial score (nSPS) is 33.5. The predicted octanol–water partition coefficient (Wildman–Crippen LogP) is 4.80. The van der Waals surface area contributed by atoms with Crippen LogP contribution >= 0.6 is 15.0 Å². The van der Waals surface area contributed by atoms with Gasteiger partial charge in [-0.25, -0.2) is 0 Å². The molecule has 1 aliphatic carbocycles. The van der Waals surface area contributed by atoms with Crippen LogP contribution in [0, 0.1) is 5.92 Å². The van der Waals surface area contributed by atoms with Crippen LogP contribution in [-0.2, 0) is 24.6 Å². The first-order valence-electron chi connectivity index (χ1n) is 9.96. The van der Waals surface area contributed by atoms with Crippen molar-refractivity contribution in [3.8, 4) is 5.75 Å². The van der Waals surface area contributed by atoms with Gasteiger partial charge in [-0.15, -0.1) is 0 Å². The van der Waals surface area contributed by atoms with Crippen molar-refractivity contribution in [2.45, 2.75) is 37.1 Å². The lowest BCUT2D eigenvalue weighted by Crippen LogP contribution is -2.37. The van der Waals surface area contributed by atoms with Gasteiger partial charge in [-0.1, -0.05) is 31.2 Å². The molecule has 2 heterocycles. The molecule has 2 fully saturated rings. The number of hydrogen-bond donors (Lipinski definition) is 2. The first kappa shape index (κ1) is 22.4. The molecule has 8 nitrogen and oxygen atoms in total. The SMILES string of the molecule is C=C(Oc1ccc(C2OP(C)(=O)C(O)(Cc3cccnc3)P(=O)(O)O2)cc1)C1CCC1. The van der Waals surface area contributed by atoms with Gasteiger partial charge < -0.3 is 14.7 Å². The van der Waals surface area contributed by atoms with Gasteiger partial charge >= 0.3 is 7.60 Å². The second kappa shape index (κ2) is 8.28. The molecule has 2 aliphatic rings. The van der Waals surface area contributed by atoms with Gasteiger partial charge in [0.2, 0.25) is 12.5 Å². The highest BCUT2D eigenvalue weighted by molar-refractivity contribution is 7.75. The van der Waals surface area contributed by atoms with Crippen LogP contribution in [-0.4, -0.2) is 26.7 Å². The van der Waals surface area contributed by atoms with Crippen molar-refractivity contribution >= 4 is 15.0 Å². The standard InChI is InChI=1S/C21H25NO7P2/c1-15(17-6-3-7-17)27-19-10-8-18(9-11-19)20-28-30(2,24)21(23,31(25,26)29-20)13-16-5-4-12-22-14-16/h4-5,8-12,14,17,20,23H,1,3,6-7,13H2,2H3,(H,25,26). The third-order valence-electron chi connectivity index (χ3n) is 5.76. The molecule has 1 saturated heterocycles. The van der Waals surface area contributed by atoms with Gasteiger partial charge in [-0.2, -0.15) is 0 Å².